The highest BCUT2D eigenvalue weighted by molar-refractivity contribution is 7.92. The Morgan fingerprint density at radius 1 is 0.904 bits per heavy atom. The highest BCUT2D eigenvalue weighted by Gasteiger charge is 2.44. The largest absolute Gasteiger partial charge is 0.475 e. The maximum absolute atomic E-state index is 15.0. The molecule has 3 aromatic heterocycles. The molecule has 1 saturated carbocycles. The predicted molar refractivity (Wildman–Crippen MR) is 198 cm³/mol. The summed E-state index contributed by atoms with van der Waals surface area (Å²) in [7, 11) is -4.19. The molecule has 5 heterocycles. The zero-order valence-electron chi connectivity index (χ0n) is 30.2. The van der Waals surface area contributed by atoms with Gasteiger partial charge in [-0.1, -0.05) is 70.7 Å². The molecule has 3 atom stereocenters. The van der Waals surface area contributed by atoms with Crippen molar-refractivity contribution in [2.45, 2.75) is 95.5 Å². The van der Waals surface area contributed by atoms with E-state index in [2.05, 4.69) is 35.5 Å². The molecule has 12 heteroatoms. The van der Waals surface area contributed by atoms with Crippen LogP contribution in [0.5, 0.6) is 5.88 Å². The molecule has 0 radical (unpaired) electrons. The number of carbonyl (C=O) groups is 1. The van der Waals surface area contributed by atoms with Crippen LogP contribution in [0.15, 0.2) is 70.1 Å². The van der Waals surface area contributed by atoms with Crippen molar-refractivity contribution in [1.29, 1.82) is 0 Å². The minimum Gasteiger partial charge on any atom is -0.475 e. The molecular weight excluding hydrogens is 677 g/mol. The van der Waals surface area contributed by atoms with E-state index in [9.17, 15) is 8.42 Å². The van der Waals surface area contributed by atoms with Crippen molar-refractivity contribution in [3.05, 3.63) is 88.9 Å². The SMILES string of the molecule is Cc1cccc(C)c1-c1cc2nc(n1)NS(=O)(=O)c1cccc(c1)C(=O)N1[C@H](c3cnc4oc(C(C)(C)C)cc4n3)CCC[C@@H](C3CCC3)[C@@H]1CO2. The number of nitrogens with one attached hydrogen (secondary N) is 1. The van der Waals surface area contributed by atoms with Gasteiger partial charge in [0.05, 0.1) is 34.6 Å². The van der Waals surface area contributed by atoms with E-state index in [-0.39, 0.29) is 52.2 Å². The summed E-state index contributed by atoms with van der Waals surface area (Å²) >= 11 is 0. The van der Waals surface area contributed by atoms with E-state index in [1.165, 1.54) is 12.1 Å². The van der Waals surface area contributed by atoms with Gasteiger partial charge in [-0.15, -0.1) is 0 Å². The van der Waals surface area contributed by atoms with Crippen molar-refractivity contribution in [2.24, 2.45) is 11.8 Å². The molecule has 3 aliphatic rings. The number of fused-ring (bicyclic) bond motifs is 6. The minimum atomic E-state index is -4.19. The Hall–Kier alpha value is -4.84. The molecule has 0 unspecified atom stereocenters. The Kier molecular flexibility index (Phi) is 8.55. The monoisotopic (exact) mass is 720 g/mol. The number of hydrogen-bond donors (Lipinski definition) is 1. The maximum atomic E-state index is 15.0. The molecule has 2 aliphatic heterocycles. The first kappa shape index (κ1) is 34.3. The van der Waals surface area contributed by atoms with E-state index in [1.807, 2.05) is 43.0 Å². The van der Waals surface area contributed by atoms with Crippen LogP contribution in [-0.4, -0.2) is 51.8 Å². The lowest BCUT2D eigenvalue weighted by atomic mass is 9.71. The van der Waals surface area contributed by atoms with Crippen LogP contribution in [0.25, 0.3) is 22.5 Å². The van der Waals surface area contributed by atoms with Crippen molar-refractivity contribution in [3.63, 3.8) is 0 Å². The first-order chi connectivity index (χ1) is 24.9. The normalized spacial score (nSPS) is 22.1. The van der Waals surface area contributed by atoms with Crippen LogP contribution >= 0.6 is 0 Å². The number of aryl methyl sites for hydroxylation is 2. The molecule has 2 fully saturated rings. The van der Waals surface area contributed by atoms with Crippen LogP contribution in [0.1, 0.15) is 98.3 Å². The second-order valence-corrected chi connectivity index (χ2v) is 17.2. The van der Waals surface area contributed by atoms with Gasteiger partial charge in [0.25, 0.3) is 15.9 Å². The Labute approximate surface area is 304 Å². The molecule has 1 N–H and O–H groups in total. The van der Waals surface area contributed by atoms with E-state index in [0.29, 0.717) is 35.0 Å². The summed E-state index contributed by atoms with van der Waals surface area (Å²) in [6, 6.07) is 15.1. The number of amides is 1. The van der Waals surface area contributed by atoms with Crippen LogP contribution in [0.3, 0.4) is 0 Å². The lowest BCUT2D eigenvalue weighted by Gasteiger charge is -2.44. The number of sulfonamides is 1. The lowest BCUT2D eigenvalue weighted by Crippen LogP contribution is -2.51. The molecular formula is C40H44N6O5S. The fourth-order valence-electron chi connectivity index (χ4n) is 8.07. The molecule has 1 aliphatic carbocycles. The molecule has 1 amide bonds. The Bertz CT molecular complexity index is 2270. The number of aromatic nitrogens is 4. The molecule has 1 saturated heterocycles. The molecule has 270 valence electrons. The molecule has 11 nitrogen and oxygen atoms in total. The number of ether oxygens (including phenoxy) is 1. The highest BCUT2D eigenvalue weighted by Crippen LogP contribution is 2.45. The zero-order valence-corrected chi connectivity index (χ0v) is 31.0. The van der Waals surface area contributed by atoms with Gasteiger partial charge >= 0.3 is 0 Å². The number of furan rings is 1. The Morgan fingerprint density at radius 2 is 1.65 bits per heavy atom. The summed E-state index contributed by atoms with van der Waals surface area (Å²) in [5.74, 6) is 1.23. The van der Waals surface area contributed by atoms with Crippen molar-refractivity contribution in [3.8, 4) is 17.1 Å². The average Bonchev–Trinajstić information content (AvgIpc) is 3.43. The van der Waals surface area contributed by atoms with Crippen LogP contribution < -0.4 is 9.46 Å². The Balaban J connectivity index is 1.30. The zero-order chi connectivity index (χ0) is 36.4. The van der Waals surface area contributed by atoms with Gasteiger partial charge in [0, 0.05) is 28.7 Å². The lowest BCUT2D eigenvalue weighted by molar-refractivity contribution is 0.0205. The molecule has 2 aromatic carbocycles. The van der Waals surface area contributed by atoms with Gasteiger partial charge in [0.15, 0.2) is 0 Å². The summed E-state index contributed by atoms with van der Waals surface area (Å²) in [6.45, 7) is 10.4. The van der Waals surface area contributed by atoms with Gasteiger partial charge in [-0.3, -0.25) is 4.79 Å². The molecule has 0 spiro atoms. The topological polar surface area (TPSA) is 140 Å². The van der Waals surface area contributed by atoms with Gasteiger partial charge in [-0.2, -0.15) is 4.98 Å². The third kappa shape index (κ3) is 6.31. The van der Waals surface area contributed by atoms with E-state index in [4.69, 9.17) is 19.1 Å². The van der Waals surface area contributed by atoms with E-state index >= 15 is 4.79 Å². The van der Waals surface area contributed by atoms with E-state index in [0.717, 1.165) is 54.6 Å². The molecule has 4 bridgehead atoms. The quantitative estimate of drug-likeness (QED) is 0.197. The molecule has 52 heavy (non-hydrogen) atoms. The number of rotatable bonds is 3. The smallest absolute Gasteiger partial charge is 0.264 e. The van der Waals surface area contributed by atoms with Crippen molar-refractivity contribution in [2.75, 3.05) is 11.3 Å². The number of nitrogens with zero attached hydrogens (tertiary/aromatic N) is 5. The second kappa shape index (κ2) is 13.0. The summed E-state index contributed by atoms with van der Waals surface area (Å²) in [5.41, 5.74) is 5.19. The predicted octanol–water partition coefficient (Wildman–Crippen LogP) is 7.94. The minimum absolute atomic E-state index is 0.0612. The standard InChI is InChI=1S/C40H44N6O5S/c1-23-10-6-11-24(2)36(23)29-20-35-44-39(43-29)45-52(48,49)27-15-8-14-26(18-27)38(47)46-32(17-9-16-28(25-12-7-13-25)33(46)22-50-35)31-21-41-37-30(42-31)19-34(51-37)40(3,4)5/h6,8,10-11,14-15,18-21,25,28,32-33H,7,9,12-13,16-17,22H2,1-5H3,(H,43,44,45)/t28-,32-,33-/m0/s1. The fourth-order valence-corrected chi connectivity index (χ4v) is 9.06. The molecule has 8 rings (SSSR count). The first-order valence-corrected chi connectivity index (χ1v) is 19.6. The summed E-state index contributed by atoms with van der Waals surface area (Å²) in [6.07, 6.45) is 7.54. The third-order valence-electron chi connectivity index (χ3n) is 11.0. The van der Waals surface area contributed by atoms with Crippen molar-refractivity contribution >= 4 is 33.1 Å². The van der Waals surface area contributed by atoms with Gasteiger partial charge in [-0.25, -0.2) is 28.1 Å². The highest BCUT2D eigenvalue weighted by atomic mass is 32.2. The van der Waals surface area contributed by atoms with Gasteiger partial charge in [0.2, 0.25) is 17.5 Å². The number of benzene rings is 2. The summed E-state index contributed by atoms with van der Waals surface area (Å²) in [5, 5.41) is 0. The third-order valence-corrected chi connectivity index (χ3v) is 12.3. The number of hydrogen-bond acceptors (Lipinski definition) is 9. The maximum Gasteiger partial charge on any atom is 0.264 e. The van der Waals surface area contributed by atoms with E-state index in [1.54, 1.807) is 24.4 Å². The van der Waals surface area contributed by atoms with Crippen LogP contribution in [0, 0.1) is 25.7 Å². The summed E-state index contributed by atoms with van der Waals surface area (Å²) in [4.78, 5) is 35.9. The number of anilines is 1. The van der Waals surface area contributed by atoms with Crippen LogP contribution in [0.2, 0.25) is 0 Å². The number of carbonyl (C=O) groups excluding carboxylic acids is 1. The fraction of sp³-hybridized carbons (Fsp3) is 0.425. The second-order valence-electron chi connectivity index (χ2n) is 15.6. The van der Waals surface area contributed by atoms with Crippen molar-refractivity contribution in [1.82, 2.24) is 24.8 Å². The average molecular weight is 721 g/mol. The summed E-state index contributed by atoms with van der Waals surface area (Å²) < 4.78 is 43.0. The van der Waals surface area contributed by atoms with Gasteiger partial charge < -0.3 is 14.1 Å². The van der Waals surface area contributed by atoms with E-state index < -0.39 is 16.1 Å². The first-order valence-electron chi connectivity index (χ1n) is 18.2. The van der Waals surface area contributed by atoms with Gasteiger partial charge in [-0.05, 0) is 67.9 Å². The Morgan fingerprint density at radius 3 is 2.38 bits per heavy atom. The van der Waals surface area contributed by atoms with Crippen LogP contribution in [-0.2, 0) is 15.4 Å². The van der Waals surface area contributed by atoms with Crippen LogP contribution in [0.4, 0.5) is 5.95 Å². The van der Waals surface area contributed by atoms with Gasteiger partial charge in [0.1, 0.15) is 17.9 Å². The van der Waals surface area contributed by atoms with Crippen molar-refractivity contribution < 1.29 is 22.4 Å². The molecule has 5 aromatic rings.